The van der Waals surface area contributed by atoms with Crippen LogP contribution in [0.2, 0.25) is 5.54 Å². The Morgan fingerprint density at radius 3 is 2.28 bits per heavy atom. The van der Waals surface area contributed by atoms with Gasteiger partial charge in [-0.25, -0.2) is 0 Å². The third kappa shape index (κ3) is 2.65. The normalized spacial score (nSPS) is 33.0. The summed E-state index contributed by atoms with van der Waals surface area (Å²) < 4.78 is 22.8. The van der Waals surface area contributed by atoms with Crippen molar-refractivity contribution in [3.63, 3.8) is 0 Å². The maximum atomic E-state index is 5.71. The third-order valence-corrected chi connectivity index (χ3v) is 7.90. The van der Waals surface area contributed by atoms with Crippen molar-refractivity contribution in [1.82, 2.24) is 0 Å². The van der Waals surface area contributed by atoms with Crippen molar-refractivity contribution in [2.45, 2.75) is 56.8 Å². The highest BCUT2D eigenvalue weighted by molar-refractivity contribution is 6.62. The molecule has 1 aliphatic heterocycles. The minimum Gasteiger partial charge on any atom is -0.377 e. The highest BCUT2D eigenvalue weighted by atomic mass is 28.4. The first-order valence-corrected chi connectivity index (χ1v) is 8.81. The van der Waals surface area contributed by atoms with Crippen LogP contribution in [0.15, 0.2) is 0 Å². The van der Waals surface area contributed by atoms with Gasteiger partial charge >= 0.3 is 8.80 Å². The van der Waals surface area contributed by atoms with E-state index in [-0.39, 0.29) is 0 Å². The molecule has 106 valence electrons. The summed E-state index contributed by atoms with van der Waals surface area (Å²) in [6.07, 6.45) is 6.87. The topological polar surface area (TPSA) is 40.2 Å². The molecule has 0 aromatic carbocycles. The highest BCUT2D eigenvalue weighted by Gasteiger charge is 2.54. The van der Waals surface area contributed by atoms with Crippen LogP contribution < -0.4 is 0 Å². The van der Waals surface area contributed by atoms with E-state index < -0.39 is 8.80 Å². The highest BCUT2D eigenvalue weighted by Crippen LogP contribution is 2.48. The molecule has 2 aliphatic rings. The first-order chi connectivity index (χ1) is 8.70. The Labute approximate surface area is 111 Å². The van der Waals surface area contributed by atoms with Crippen LogP contribution >= 0.6 is 0 Å². The number of epoxide rings is 1. The van der Waals surface area contributed by atoms with Crippen molar-refractivity contribution >= 4 is 8.80 Å². The van der Waals surface area contributed by atoms with Crippen molar-refractivity contribution in [2.24, 2.45) is 5.92 Å². The molecule has 0 bridgehead atoms. The van der Waals surface area contributed by atoms with E-state index in [4.69, 9.17) is 18.0 Å². The van der Waals surface area contributed by atoms with E-state index in [0.717, 1.165) is 19.3 Å². The number of ether oxygens (including phenoxy) is 1. The molecule has 18 heavy (non-hydrogen) atoms. The summed E-state index contributed by atoms with van der Waals surface area (Å²) in [7, 11) is 2.65. The molecule has 1 saturated heterocycles. The molecule has 0 amide bonds. The van der Waals surface area contributed by atoms with Gasteiger partial charge in [-0.1, -0.05) is 13.3 Å². The van der Waals surface area contributed by atoms with E-state index in [0.29, 0.717) is 23.7 Å². The third-order valence-electron chi connectivity index (χ3n) is 4.52. The fourth-order valence-electron chi connectivity index (χ4n) is 3.52. The lowest BCUT2D eigenvalue weighted by atomic mass is 9.85. The zero-order valence-corrected chi connectivity index (χ0v) is 13.0. The predicted octanol–water partition coefficient (Wildman–Crippen LogP) is 2.60. The zero-order chi connectivity index (χ0) is 13.2. The van der Waals surface area contributed by atoms with Crippen LogP contribution in [-0.4, -0.2) is 42.3 Å². The lowest BCUT2D eigenvalue weighted by Crippen LogP contribution is -2.50. The Bertz CT molecular complexity index is 261. The van der Waals surface area contributed by atoms with Crippen LogP contribution in [0, 0.1) is 5.92 Å². The van der Waals surface area contributed by atoms with Crippen molar-refractivity contribution in [1.29, 1.82) is 0 Å². The largest absolute Gasteiger partial charge is 0.503 e. The van der Waals surface area contributed by atoms with E-state index in [1.54, 1.807) is 21.3 Å². The van der Waals surface area contributed by atoms with Gasteiger partial charge in [0.2, 0.25) is 0 Å². The molecular formula is C13H26O4Si. The first kappa shape index (κ1) is 14.5. The smallest absolute Gasteiger partial charge is 0.377 e. The van der Waals surface area contributed by atoms with E-state index in [9.17, 15) is 0 Å². The van der Waals surface area contributed by atoms with Crippen LogP contribution in [0.4, 0.5) is 0 Å². The van der Waals surface area contributed by atoms with Gasteiger partial charge in [0.05, 0.1) is 12.2 Å². The maximum Gasteiger partial charge on any atom is 0.503 e. The van der Waals surface area contributed by atoms with Gasteiger partial charge in [0.25, 0.3) is 0 Å². The van der Waals surface area contributed by atoms with E-state index in [1.807, 2.05) is 0 Å². The summed E-state index contributed by atoms with van der Waals surface area (Å²) in [6.45, 7) is 2.21. The van der Waals surface area contributed by atoms with Gasteiger partial charge in [0.1, 0.15) is 0 Å². The summed E-state index contributed by atoms with van der Waals surface area (Å²) in [5.74, 6) is 0.625. The molecular weight excluding hydrogens is 248 g/mol. The van der Waals surface area contributed by atoms with Gasteiger partial charge < -0.3 is 18.0 Å². The van der Waals surface area contributed by atoms with Crippen molar-refractivity contribution < 1.29 is 18.0 Å². The lowest BCUT2D eigenvalue weighted by Gasteiger charge is -2.38. The Morgan fingerprint density at radius 2 is 1.78 bits per heavy atom. The zero-order valence-electron chi connectivity index (χ0n) is 12.0. The van der Waals surface area contributed by atoms with Crippen LogP contribution in [0.5, 0.6) is 0 Å². The predicted molar refractivity (Wildman–Crippen MR) is 71.4 cm³/mol. The summed E-state index contributed by atoms with van der Waals surface area (Å²) >= 11 is 0. The summed E-state index contributed by atoms with van der Waals surface area (Å²) in [5, 5.41) is 0. The fraction of sp³-hybridized carbons (Fsp3) is 1.00. The summed E-state index contributed by atoms with van der Waals surface area (Å²) in [5.41, 5.74) is 0.410. The molecule has 0 radical (unpaired) electrons. The molecule has 1 saturated carbocycles. The van der Waals surface area contributed by atoms with Crippen molar-refractivity contribution in [2.75, 3.05) is 21.3 Å². The minimum atomic E-state index is -2.52. The second-order valence-electron chi connectivity index (χ2n) is 5.40. The summed E-state index contributed by atoms with van der Waals surface area (Å²) in [4.78, 5) is 0. The molecule has 2 fully saturated rings. The standard InChI is InChI=1S/C13H26O4Si/c1-5-6-13(18(14-2,15-3)16-4)10-7-8-11-12(9-10)17-11/h10-13H,5-9H2,1-4H3. The monoisotopic (exact) mass is 274 g/mol. The van der Waals surface area contributed by atoms with Gasteiger partial charge in [-0.3, -0.25) is 0 Å². The SMILES string of the molecule is CCCC(C1CCC2OC2C1)[Si](OC)(OC)OC. The Hall–Kier alpha value is 0.0569. The molecule has 4 nitrogen and oxygen atoms in total. The van der Waals surface area contributed by atoms with Crippen molar-refractivity contribution in [3.05, 3.63) is 0 Å². The molecule has 5 heteroatoms. The van der Waals surface area contributed by atoms with Crippen LogP contribution in [0.1, 0.15) is 39.0 Å². The van der Waals surface area contributed by atoms with Gasteiger partial charge in [-0.2, -0.15) is 0 Å². The van der Waals surface area contributed by atoms with E-state index in [1.165, 1.54) is 12.8 Å². The number of hydrogen-bond acceptors (Lipinski definition) is 4. The molecule has 0 aromatic rings. The second-order valence-corrected chi connectivity index (χ2v) is 8.57. The number of hydrogen-bond donors (Lipinski definition) is 0. The van der Waals surface area contributed by atoms with Gasteiger partial charge in [-0.15, -0.1) is 0 Å². The quantitative estimate of drug-likeness (QED) is 0.528. The molecule has 0 N–H and O–H groups in total. The summed E-state index contributed by atoms with van der Waals surface area (Å²) in [6, 6.07) is 0. The van der Waals surface area contributed by atoms with Gasteiger partial charge in [-0.05, 0) is 31.6 Å². The first-order valence-electron chi connectivity index (χ1n) is 7.01. The average molecular weight is 274 g/mol. The molecule has 1 heterocycles. The number of rotatable bonds is 7. The van der Waals surface area contributed by atoms with E-state index in [2.05, 4.69) is 6.92 Å². The van der Waals surface area contributed by atoms with Crippen LogP contribution in [-0.2, 0) is 18.0 Å². The van der Waals surface area contributed by atoms with E-state index >= 15 is 0 Å². The minimum absolute atomic E-state index is 0.410. The van der Waals surface area contributed by atoms with Crippen LogP contribution in [0.25, 0.3) is 0 Å². The Morgan fingerprint density at radius 1 is 1.11 bits per heavy atom. The molecule has 4 unspecified atom stereocenters. The molecule has 2 rings (SSSR count). The molecule has 1 aliphatic carbocycles. The van der Waals surface area contributed by atoms with Crippen molar-refractivity contribution in [3.8, 4) is 0 Å². The van der Waals surface area contributed by atoms with Gasteiger partial charge in [0.15, 0.2) is 0 Å². The van der Waals surface area contributed by atoms with Gasteiger partial charge in [0, 0.05) is 26.9 Å². The Balaban J connectivity index is 2.09. The second kappa shape index (κ2) is 6.01. The molecule has 0 aromatic heterocycles. The average Bonchev–Trinajstić information content (AvgIpc) is 3.18. The number of fused-ring (bicyclic) bond motifs is 1. The Kier molecular flexibility index (Phi) is 4.83. The molecule has 0 spiro atoms. The van der Waals surface area contributed by atoms with Crippen LogP contribution in [0.3, 0.4) is 0 Å². The maximum absolute atomic E-state index is 5.71. The lowest BCUT2D eigenvalue weighted by molar-refractivity contribution is 0.0947. The molecule has 4 atom stereocenters. The fourth-order valence-corrected chi connectivity index (χ4v) is 6.45.